The van der Waals surface area contributed by atoms with E-state index in [4.69, 9.17) is 5.26 Å². The lowest BCUT2D eigenvalue weighted by atomic mass is 10.0. The SMILES string of the molecule is N#Cc1ccc(-c2c(-c3ccc(F)cc3F)nc3[nH]c(C(F)(F)F)cc(=O)n23)cc1. The number of nitrogens with one attached hydrogen (secondary N) is 1. The second-order valence-electron chi connectivity index (χ2n) is 6.30. The number of alkyl halides is 3. The fraction of sp³-hybridized carbons (Fsp3) is 0.0500. The van der Waals surface area contributed by atoms with Crippen LogP contribution >= 0.6 is 0 Å². The highest BCUT2D eigenvalue weighted by atomic mass is 19.4. The Morgan fingerprint density at radius 1 is 1.03 bits per heavy atom. The number of rotatable bonds is 2. The van der Waals surface area contributed by atoms with Gasteiger partial charge < -0.3 is 4.98 Å². The molecule has 0 atom stereocenters. The molecular formula is C20H9F5N4O. The number of benzene rings is 2. The number of nitrogens with zero attached hydrogens (tertiary/aromatic N) is 3. The summed E-state index contributed by atoms with van der Waals surface area (Å²) in [7, 11) is 0. The molecular weight excluding hydrogens is 407 g/mol. The van der Waals surface area contributed by atoms with Gasteiger partial charge in [0.05, 0.1) is 17.3 Å². The van der Waals surface area contributed by atoms with Crippen LogP contribution in [0.4, 0.5) is 22.0 Å². The van der Waals surface area contributed by atoms with Gasteiger partial charge in [-0.05, 0) is 24.3 Å². The molecule has 4 aromatic rings. The molecule has 0 fully saturated rings. The fourth-order valence-electron chi connectivity index (χ4n) is 3.05. The first-order chi connectivity index (χ1) is 14.2. The fourth-order valence-corrected chi connectivity index (χ4v) is 3.05. The summed E-state index contributed by atoms with van der Waals surface area (Å²) in [6, 6.07) is 10.7. The predicted molar refractivity (Wildman–Crippen MR) is 96.3 cm³/mol. The molecule has 0 unspecified atom stereocenters. The van der Waals surface area contributed by atoms with Crippen molar-refractivity contribution in [1.29, 1.82) is 5.26 Å². The van der Waals surface area contributed by atoms with Crippen LogP contribution in [-0.2, 0) is 6.18 Å². The van der Waals surface area contributed by atoms with E-state index >= 15 is 0 Å². The van der Waals surface area contributed by atoms with Gasteiger partial charge in [0.2, 0.25) is 5.78 Å². The average Bonchev–Trinajstić information content (AvgIpc) is 3.07. The summed E-state index contributed by atoms with van der Waals surface area (Å²) in [4.78, 5) is 18.6. The van der Waals surface area contributed by atoms with Crippen molar-refractivity contribution in [3.05, 3.63) is 81.8 Å². The molecule has 30 heavy (non-hydrogen) atoms. The normalized spacial score (nSPS) is 11.6. The van der Waals surface area contributed by atoms with Crippen LogP contribution in [0.3, 0.4) is 0 Å². The first-order valence-corrected chi connectivity index (χ1v) is 8.38. The Morgan fingerprint density at radius 3 is 2.33 bits per heavy atom. The zero-order valence-corrected chi connectivity index (χ0v) is 14.8. The van der Waals surface area contributed by atoms with E-state index in [2.05, 4.69) is 4.98 Å². The van der Waals surface area contributed by atoms with Crippen LogP contribution in [0.25, 0.3) is 28.3 Å². The van der Waals surface area contributed by atoms with Gasteiger partial charge in [-0.3, -0.25) is 4.79 Å². The summed E-state index contributed by atoms with van der Waals surface area (Å²) < 4.78 is 68.0. The maximum absolute atomic E-state index is 14.4. The molecule has 1 N–H and O–H groups in total. The van der Waals surface area contributed by atoms with Crippen molar-refractivity contribution in [1.82, 2.24) is 14.4 Å². The maximum atomic E-state index is 14.4. The molecule has 0 aliphatic carbocycles. The Morgan fingerprint density at radius 2 is 1.73 bits per heavy atom. The van der Waals surface area contributed by atoms with E-state index in [1.54, 1.807) is 0 Å². The van der Waals surface area contributed by atoms with Gasteiger partial charge >= 0.3 is 6.18 Å². The standard InChI is InChI=1S/C20H9F5N4O/c21-12-5-6-13(14(22)7-12)17-18(11-3-1-10(9-26)2-4-11)29-16(30)8-15(20(23,24)25)27-19(29)28-17/h1-8H,(H,27,28). The van der Waals surface area contributed by atoms with Gasteiger partial charge in [-0.2, -0.15) is 18.4 Å². The summed E-state index contributed by atoms with van der Waals surface area (Å²) in [6.07, 6.45) is -4.83. The second kappa shape index (κ2) is 6.81. The molecule has 4 rings (SSSR count). The molecule has 10 heteroatoms. The van der Waals surface area contributed by atoms with Gasteiger partial charge in [-0.1, -0.05) is 12.1 Å². The molecule has 0 aliphatic heterocycles. The van der Waals surface area contributed by atoms with Crippen molar-refractivity contribution in [2.75, 3.05) is 0 Å². The summed E-state index contributed by atoms with van der Waals surface area (Å²) >= 11 is 0. The summed E-state index contributed by atoms with van der Waals surface area (Å²) in [6.45, 7) is 0. The number of hydrogen-bond acceptors (Lipinski definition) is 3. The maximum Gasteiger partial charge on any atom is 0.431 e. The average molecular weight is 416 g/mol. The number of imidazole rings is 1. The Hall–Kier alpha value is -4.00. The zero-order valence-electron chi connectivity index (χ0n) is 14.8. The molecule has 0 aliphatic rings. The summed E-state index contributed by atoms with van der Waals surface area (Å²) in [5, 5.41) is 8.96. The Balaban J connectivity index is 2.10. The summed E-state index contributed by atoms with van der Waals surface area (Å²) in [5.41, 5.74) is -2.14. The monoisotopic (exact) mass is 416 g/mol. The van der Waals surface area contributed by atoms with E-state index in [-0.39, 0.29) is 17.0 Å². The molecule has 0 saturated heterocycles. The summed E-state index contributed by atoms with van der Waals surface area (Å²) in [5.74, 6) is -2.32. The van der Waals surface area contributed by atoms with Gasteiger partial charge in [0.25, 0.3) is 5.56 Å². The second-order valence-corrected chi connectivity index (χ2v) is 6.30. The topological polar surface area (TPSA) is 73.9 Å². The van der Waals surface area contributed by atoms with Crippen LogP contribution in [-0.4, -0.2) is 14.4 Å². The molecule has 2 heterocycles. The van der Waals surface area contributed by atoms with Gasteiger partial charge in [0.15, 0.2) is 0 Å². The molecule has 150 valence electrons. The van der Waals surface area contributed by atoms with Crippen molar-refractivity contribution in [3.8, 4) is 28.6 Å². The van der Waals surface area contributed by atoms with Crippen LogP contribution in [0.5, 0.6) is 0 Å². The molecule has 0 bridgehead atoms. The third kappa shape index (κ3) is 3.20. The minimum atomic E-state index is -4.83. The predicted octanol–water partition coefficient (Wildman–Crippen LogP) is 4.53. The van der Waals surface area contributed by atoms with Crippen LogP contribution in [0.1, 0.15) is 11.3 Å². The lowest BCUT2D eigenvalue weighted by Gasteiger charge is -2.08. The third-order valence-electron chi connectivity index (χ3n) is 4.39. The number of aromatic amines is 1. The van der Waals surface area contributed by atoms with Gasteiger partial charge in [-0.15, -0.1) is 0 Å². The Labute approximate surface area is 164 Å². The highest BCUT2D eigenvalue weighted by Crippen LogP contribution is 2.34. The lowest BCUT2D eigenvalue weighted by Crippen LogP contribution is -2.19. The van der Waals surface area contributed by atoms with E-state index in [1.165, 1.54) is 24.3 Å². The number of halogens is 5. The molecule has 0 amide bonds. The molecule has 5 nitrogen and oxygen atoms in total. The largest absolute Gasteiger partial charge is 0.431 e. The Kier molecular flexibility index (Phi) is 4.38. The first-order valence-electron chi connectivity index (χ1n) is 8.38. The first kappa shape index (κ1) is 19.3. The quantitative estimate of drug-likeness (QED) is 0.488. The van der Waals surface area contributed by atoms with Crippen molar-refractivity contribution in [2.24, 2.45) is 0 Å². The molecule has 2 aromatic carbocycles. The van der Waals surface area contributed by atoms with Crippen LogP contribution < -0.4 is 5.56 Å². The highest BCUT2D eigenvalue weighted by molar-refractivity contribution is 5.81. The van der Waals surface area contributed by atoms with Crippen molar-refractivity contribution in [2.45, 2.75) is 6.18 Å². The van der Waals surface area contributed by atoms with Crippen molar-refractivity contribution >= 4 is 5.78 Å². The minimum Gasteiger partial charge on any atom is -0.321 e. The number of H-pyrrole nitrogens is 1. The smallest absolute Gasteiger partial charge is 0.321 e. The van der Waals surface area contributed by atoms with Crippen molar-refractivity contribution < 1.29 is 22.0 Å². The molecule has 0 radical (unpaired) electrons. The van der Waals surface area contributed by atoms with Crippen LogP contribution in [0.2, 0.25) is 0 Å². The zero-order chi connectivity index (χ0) is 21.6. The van der Waals surface area contributed by atoms with Gasteiger partial charge in [0, 0.05) is 23.3 Å². The molecule has 2 aromatic heterocycles. The van der Waals surface area contributed by atoms with Gasteiger partial charge in [-0.25, -0.2) is 18.2 Å². The number of aromatic nitrogens is 3. The van der Waals surface area contributed by atoms with E-state index < -0.39 is 34.8 Å². The number of hydrogen-bond donors (Lipinski definition) is 1. The van der Waals surface area contributed by atoms with Crippen LogP contribution in [0.15, 0.2) is 53.3 Å². The molecule has 0 saturated carbocycles. The Bertz CT molecular complexity index is 1380. The third-order valence-corrected chi connectivity index (χ3v) is 4.39. The lowest BCUT2D eigenvalue weighted by molar-refractivity contribution is -0.141. The van der Waals surface area contributed by atoms with Crippen molar-refractivity contribution in [3.63, 3.8) is 0 Å². The number of fused-ring (bicyclic) bond motifs is 1. The minimum absolute atomic E-state index is 0.00466. The molecule has 0 spiro atoms. The number of nitriles is 1. The van der Waals surface area contributed by atoms with E-state index in [1.807, 2.05) is 11.1 Å². The van der Waals surface area contributed by atoms with E-state index in [9.17, 15) is 26.7 Å². The van der Waals surface area contributed by atoms with E-state index in [0.29, 0.717) is 23.3 Å². The van der Waals surface area contributed by atoms with Crippen LogP contribution in [0, 0.1) is 23.0 Å². The van der Waals surface area contributed by atoms with Gasteiger partial charge in [0.1, 0.15) is 23.0 Å². The highest BCUT2D eigenvalue weighted by Gasteiger charge is 2.33. The van der Waals surface area contributed by atoms with E-state index in [0.717, 1.165) is 16.5 Å².